The quantitative estimate of drug-likeness (QED) is 0.694. The lowest BCUT2D eigenvalue weighted by molar-refractivity contribution is -0.121. The Balaban J connectivity index is 1.92. The van der Waals surface area contributed by atoms with Gasteiger partial charge in [-0.05, 0) is 31.2 Å². The van der Waals surface area contributed by atoms with Crippen LogP contribution in [0.25, 0.3) is 0 Å². The number of ether oxygens (including phenoxy) is 2. The molecule has 0 saturated carbocycles. The van der Waals surface area contributed by atoms with Crippen molar-refractivity contribution in [2.24, 2.45) is 0 Å². The van der Waals surface area contributed by atoms with Crippen LogP contribution in [0.4, 0.5) is 0 Å². The van der Waals surface area contributed by atoms with Crippen molar-refractivity contribution < 1.29 is 19.1 Å². The maximum Gasteiger partial charge on any atom is 0.220 e. The van der Waals surface area contributed by atoms with E-state index in [1.165, 1.54) is 11.3 Å². The fraction of sp³-hybridized carbons (Fsp3) is 0.333. The molecule has 0 bridgehead atoms. The molecule has 134 valence electrons. The first-order valence-electron chi connectivity index (χ1n) is 7.74. The molecule has 0 spiro atoms. The van der Waals surface area contributed by atoms with Crippen molar-refractivity contribution in [3.8, 4) is 11.5 Å². The number of hydrogen-bond donors (Lipinski definition) is 1. The first-order valence-corrected chi connectivity index (χ1v) is 8.94. The minimum Gasteiger partial charge on any atom is -0.497 e. The number of nitrogens with one attached hydrogen (secondary N) is 1. The molecule has 0 aliphatic rings. The van der Waals surface area contributed by atoms with Crippen LogP contribution >= 0.6 is 22.9 Å². The Hall–Kier alpha value is -2.05. The van der Waals surface area contributed by atoms with E-state index in [4.69, 9.17) is 21.1 Å². The van der Waals surface area contributed by atoms with Crippen LogP contribution in [0.2, 0.25) is 4.34 Å². The Morgan fingerprint density at radius 2 is 1.92 bits per heavy atom. The molecule has 5 nitrogen and oxygen atoms in total. The molecule has 0 radical (unpaired) electrons. The number of thiophene rings is 1. The molecule has 0 aliphatic heterocycles. The molecule has 2 rings (SSSR count). The number of ketones is 1. The molecule has 1 unspecified atom stereocenters. The number of methoxy groups -OCH3 is 2. The monoisotopic (exact) mass is 381 g/mol. The Labute approximate surface area is 155 Å². The van der Waals surface area contributed by atoms with E-state index in [9.17, 15) is 9.59 Å². The minimum atomic E-state index is -0.250. The van der Waals surface area contributed by atoms with Gasteiger partial charge >= 0.3 is 0 Å². The van der Waals surface area contributed by atoms with Gasteiger partial charge in [-0.15, -0.1) is 11.3 Å². The van der Waals surface area contributed by atoms with Gasteiger partial charge in [0.2, 0.25) is 5.91 Å². The van der Waals surface area contributed by atoms with Crippen molar-refractivity contribution in [1.29, 1.82) is 0 Å². The van der Waals surface area contributed by atoms with Gasteiger partial charge in [-0.3, -0.25) is 9.59 Å². The third kappa shape index (κ3) is 5.21. The largest absolute Gasteiger partial charge is 0.497 e. The summed E-state index contributed by atoms with van der Waals surface area (Å²) in [5, 5.41) is 2.89. The Morgan fingerprint density at radius 1 is 1.16 bits per heavy atom. The molecule has 1 aromatic heterocycles. The molecule has 7 heteroatoms. The fourth-order valence-corrected chi connectivity index (χ4v) is 3.39. The topological polar surface area (TPSA) is 64.6 Å². The van der Waals surface area contributed by atoms with Crippen LogP contribution in [0.5, 0.6) is 11.5 Å². The van der Waals surface area contributed by atoms with Gasteiger partial charge in [-0.25, -0.2) is 0 Å². The summed E-state index contributed by atoms with van der Waals surface area (Å²) in [7, 11) is 3.15. The second kappa shape index (κ2) is 8.87. The van der Waals surface area contributed by atoms with Crippen LogP contribution in [-0.4, -0.2) is 25.9 Å². The van der Waals surface area contributed by atoms with Crippen LogP contribution < -0.4 is 14.8 Å². The molecular weight excluding hydrogens is 362 g/mol. The van der Waals surface area contributed by atoms with Crippen molar-refractivity contribution in [2.45, 2.75) is 25.8 Å². The molecule has 1 amide bonds. The Bertz CT molecular complexity index is 759. The second-order valence-electron chi connectivity index (χ2n) is 5.42. The van der Waals surface area contributed by atoms with Gasteiger partial charge in [0.05, 0.1) is 29.5 Å². The first-order chi connectivity index (χ1) is 11.9. The van der Waals surface area contributed by atoms with Crippen LogP contribution in [0.3, 0.4) is 0 Å². The summed E-state index contributed by atoms with van der Waals surface area (Å²) in [5.74, 6) is 1.04. The molecule has 1 heterocycles. The molecule has 1 N–H and O–H groups in total. The summed E-state index contributed by atoms with van der Waals surface area (Å²) in [4.78, 5) is 24.7. The third-order valence-electron chi connectivity index (χ3n) is 3.71. The summed E-state index contributed by atoms with van der Waals surface area (Å²) in [6.07, 6.45) is 0.270. The van der Waals surface area contributed by atoms with E-state index in [1.54, 1.807) is 32.4 Å². The van der Waals surface area contributed by atoms with E-state index in [2.05, 4.69) is 5.32 Å². The van der Waals surface area contributed by atoms with Crippen molar-refractivity contribution in [3.05, 3.63) is 45.1 Å². The number of Topliss-reactive ketones (excluding diaryl/α,β-unsaturated/α-hetero) is 1. The van der Waals surface area contributed by atoms with Gasteiger partial charge in [0.1, 0.15) is 11.5 Å². The molecule has 0 fully saturated rings. The lowest BCUT2D eigenvalue weighted by atomic mass is 10.1. The van der Waals surface area contributed by atoms with Crippen LogP contribution in [-0.2, 0) is 4.79 Å². The Morgan fingerprint density at radius 3 is 2.52 bits per heavy atom. The number of hydrogen-bond acceptors (Lipinski definition) is 5. The van der Waals surface area contributed by atoms with Crippen molar-refractivity contribution in [3.63, 3.8) is 0 Å². The van der Waals surface area contributed by atoms with Gasteiger partial charge in [-0.2, -0.15) is 0 Å². The standard InChI is InChI=1S/C18H20ClNO4S/c1-11(13-5-4-12(23-2)10-15(13)24-3)20-18(22)9-6-14(21)16-7-8-17(19)25-16/h4-5,7-8,10-11H,6,9H2,1-3H3,(H,20,22). The first kappa shape index (κ1) is 19.3. The average molecular weight is 382 g/mol. The lowest BCUT2D eigenvalue weighted by Gasteiger charge is -2.18. The van der Waals surface area contributed by atoms with Gasteiger partial charge in [-0.1, -0.05) is 11.6 Å². The predicted molar refractivity (Wildman–Crippen MR) is 99.0 cm³/mol. The highest BCUT2D eigenvalue weighted by molar-refractivity contribution is 7.18. The maximum atomic E-state index is 12.1. The van der Waals surface area contributed by atoms with E-state index < -0.39 is 0 Å². The zero-order valence-corrected chi connectivity index (χ0v) is 15.9. The van der Waals surface area contributed by atoms with Crippen LogP contribution in [0, 0.1) is 0 Å². The molecule has 0 aliphatic carbocycles. The molecule has 25 heavy (non-hydrogen) atoms. The van der Waals surface area contributed by atoms with E-state index >= 15 is 0 Å². The van der Waals surface area contributed by atoms with E-state index in [-0.39, 0.29) is 30.6 Å². The third-order valence-corrected chi connectivity index (χ3v) is 4.98. The van der Waals surface area contributed by atoms with Crippen LogP contribution in [0.15, 0.2) is 30.3 Å². The van der Waals surface area contributed by atoms with E-state index in [0.29, 0.717) is 20.7 Å². The summed E-state index contributed by atoms with van der Waals surface area (Å²) >= 11 is 7.04. The van der Waals surface area contributed by atoms with Gasteiger partial charge < -0.3 is 14.8 Å². The molecular formula is C18H20ClNO4S. The highest BCUT2D eigenvalue weighted by atomic mass is 35.5. The zero-order valence-electron chi connectivity index (χ0n) is 14.3. The highest BCUT2D eigenvalue weighted by Crippen LogP contribution is 2.29. The van der Waals surface area contributed by atoms with Gasteiger partial charge in [0, 0.05) is 24.5 Å². The predicted octanol–water partition coefficient (Wildman–Crippen LogP) is 4.26. The van der Waals surface area contributed by atoms with Gasteiger partial charge in [0.25, 0.3) is 0 Å². The molecule has 1 aromatic carbocycles. The van der Waals surface area contributed by atoms with Crippen molar-refractivity contribution in [1.82, 2.24) is 5.32 Å². The number of carbonyl (C=O) groups is 2. The zero-order chi connectivity index (χ0) is 18.4. The van der Waals surface area contributed by atoms with Crippen molar-refractivity contribution >= 4 is 34.6 Å². The summed E-state index contributed by atoms with van der Waals surface area (Å²) in [6.45, 7) is 1.86. The summed E-state index contributed by atoms with van der Waals surface area (Å²) in [5.41, 5.74) is 0.841. The number of rotatable bonds is 8. The minimum absolute atomic E-state index is 0.0817. The number of benzene rings is 1. The maximum absolute atomic E-state index is 12.1. The number of carbonyl (C=O) groups excluding carboxylic acids is 2. The number of amides is 1. The fourth-order valence-electron chi connectivity index (χ4n) is 2.38. The Kier molecular flexibility index (Phi) is 6.84. The van der Waals surface area contributed by atoms with Gasteiger partial charge in [0.15, 0.2) is 5.78 Å². The highest BCUT2D eigenvalue weighted by Gasteiger charge is 2.16. The molecule has 1 atom stereocenters. The molecule has 0 saturated heterocycles. The molecule has 2 aromatic rings. The SMILES string of the molecule is COc1ccc(C(C)NC(=O)CCC(=O)c2ccc(Cl)s2)c(OC)c1. The summed E-state index contributed by atoms with van der Waals surface area (Å²) < 4.78 is 11.1. The number of halogens is 1. The lowest BCUT2D eigenvalue weighted by Crippen LogP contribution is -2.27. The average Bonchev–Trinajstić information content (AvgIpc) is 3.05. The second-order valence-corrected chi connectivity index (χ2v) is 7.14. The van der Waals surface area contributed by atoms with E-state index in [0.717, 1.165) is 5.56 Å². The van der Waals surface area contributed by atoms with Crippen molar-refractivity contribution in [2.75, 3.05) is 14.2 Å². The normalized spacial score (nSPS) is 11.7. The smallest absolute Gasteiger partial charge is 0.220 e. The van der Waals surface area contributed by atoms with Crippen LogP contribution in [0.1, 0.15) is 41.0 Å². The summed E-state index contributed by atoms with van der Waals surface area (Å²) in [6, 6.07) is 8.53. The van der Waals surface area contributed by atoms with E-state index in [1.807, 2.05) is 19.1 Å².